The first-order chi connectivity index (χ1) is 11.6. The summed E-state index contributed by atoms with van der Waals surface area (Å²) in [7, 11) is 0. The Kier molecular flexibility index (Phi) is 10.7. The molecule has 12 heteroatoms. The van der Waals surface area contributed by atoms with Crippen LogP contribution in [-0.2, 0) is 0 Å². The van der Waals surface area contributed by atoms with Crippen LogP contribution in [0.4, 0.5) is 10.1 Å². The Bertz CT molecular complexity index is 894. The SMILES string of the molecule is O.O.O.O.O.O=C(O)c1cn(C2CC2)c2cc(N3CCNCC3)c(F)cc2c1=O. The molecule has 12 N–H and O–H groups in total. The lowest BCUT2D eigenvalue weighted by Crippen LogP contribution is -2.43. The number of piperazine rings is 1. The van der Waals surface area contributed by atoms with E-state index in [4.69, 9.17) is 0 Å². The van der Waals surface area contributed by atoms with Crippen molar-refractivity contribution in [2.75, 3.05) is 31.1 Å². The number of nitrogens with zero attached hydrogens (tertiary/aromatic N) is 2. The van der Waals surface area contributed by atoms with Crippen LogP contribution >= 0.6 is 0 Å². The van der Waals surface area contributed by atoms with Gasteiger partial charge in [0.05, 0.1) is 11.2 Å². The lowest BCUT2D eigenvalue weighted by atomic mass is 10.1. The Labute approximate surface area is 164 Å². The minimum Gasteiger partial charge on any atom is -0.477 e. The van der Waals surface area contributed by atoms with Crippen LogP contribution < -0.4 is 15.6 Å². The minimum atomic E-state index is -1.28. The monoisotopic (exact) mass is 421 g/mol. The summed E-state index contributed by atoms with van der Waals surface area (Å²) >= 11 is 0. The molecule has 0 radical (unpaired) electrons. The summed E-state index contributed by atoms with van der Waals surface area (Å²) in [6.07, 6.45) is 3.29. The van der Waals surface area contributed by atoms with E-state index in [1.807, 2.05) is 9.47 Å². The van der Waals surface area contributed by atoms with Gasteiger partial charge in [-0.2, -0.15) is 0 Å². The molecule has 1 aromatic carbocycles. The Balaban J connectivity index is 0. The average molecular weight is 421 g/mol. The van der Waals surface area contributed by atoms with Gasteiger partial charge in [-0.3, -0.25) is 4.79 Å². The van der Waals surface area contributed by atoms with Gasteiger partial charge < -0.3 is 47.3 Å². The van der Waals surface area contributed by atoms with E-state index in [1.54, 1.807) is 6.07 Å². The quantitative estimate of drug-likeness (QED) is 0.543. The Morgan fingerprint density at radius 3 is 2.17 bits per heavy atom. The molecule has 1 aliphatic heterocycles. The molecule has 0 unspecified atom stereocenters. The van der Waals surface area contributed by atoms with Crippen LogP contribution in [0.25, 0.3) is 10.9 Å². The second kappa shape index (κ2) is 10.8. The lowest BCUT2D eigenvalue weighted by molar-refractivity contribution is 0.0694. The third kappa shape index (κ3) is 5.06. The molecule has 4 rings (SSSR count). The van der Waals surface area contributed by atoms with Gasteiger partial charge in [-0.05, 0) is 25.0 Å². The summed E-state index contributed by atoms with van der Waals surface area (Å²) in [6, 6.07) is 3.08. The molecule has 1 aliphatic carbocycles. The molecule has 1 aromatic heterocycles. The lowest BCUT2D eigenvalue weighted by Gasteiger charge is -2.30. The number of carbonyl (C=O) groups is 1. The highest BCUT2D eigenvalue weighted by molar-refractivity contribution is 5.93. The van der Waals surface area contributed by atoms with Crippen LogP contribution in [-0.4, -0.2) is 69.2 Å². The zero-order valence-corrected chi connectivity index (χ0v) is 15.6. The molecule has 2 aliphatic rings. The summed E-state index contributed by atoms with van der Waals surface area (Å²) in [6.45, 7) is 2.96. The van der Waals surface area contributed by atoms with Gasteiger partial charge in [0.1, 0.15) is 11.4 Å². The van der Waals surface area contributed by atoms with E-state index < -0.39 is 17.2 Å². The first-order valence-corrected chi connectivity index (χ1v) is 8.13. The normalized spacial score (nSPS) is 15.0. The van der Waals surface area contributed by atoms with Crippen LogP contribution in [0, 0.1) is 5.82 Å². The van der Waals surface area contributed by atoms with Crippen molar-refractivity contribution in [3.8, 4) is 0 Å². The van der Waals surface area contributed by atoms with Crippen molar-refractivity contribution < 1.29 is 41.7 Å². The average Bonchev–Trinajstić information content (AvgIpc) is 3.40. The molecular formula is C17H28FN3O8. The number of fused-ring (bicyclic) bond motifs is 1. The molecule has 29 heavy (non-hydrogen) atoms. The molecule has 2 heterocycles. The van der Waals surface area contributed by atoms with Crippen molar-refractivity contribution in [3.05, 3.63) is 39.9 Å². The van der Waals surface area contributed by atoms with Gasteiger partial charge in [0.25, 0.3) is 0 Å². The maximum atomic E-state index is 14.6. The number of nitrogens with one attached hydrogen (secondary N) is 1. The molecule has 11 nitrogen and oxygen atoms in total. The van der Waals surface area contributed by atoms with Gasteiger partial charge in [0, 0.05) is 43.8 Å². The molecule has 0 spiro atoms. The first-order valence-electron chi connectivity index (χ1n) is 8.13. The Morgan fingerprint density at radius 1 is 1.07 bits per heavy atom. The number of hydrogen-bond acceptors (Lipinski definition) is 4. The topological polar surface area (TPSA) is 232 Å². The predicted octanol–water partition coefficient (Wildman–Crippen LogP) is -2.54. The van der Waals surface area contributed by atoms with Crippen LogP contribution in [0.5, 0.6) is 0 Å². The number of aromatic nitrogens is 1. The largest absolute Gasteiger partial charge is 0.477 e. The van der Waals surface area contributed by atoms with E-state index in [-0.39, 0.29) is 44.4 Å². The highest BCUT2D eigenvalue weighted by Crippen LogP contribution is 2.38. The van der Waals surface area contributed by atoms with Crippen molar-refractivity contribution in [1.29, 1.82) is 0 Å². The zero-order valence-electron chi connectivity index (χ0n) is 15.6. The Morgan fingerprint density at radius 2 is 1.66 bits per heavy atom. The Hall–Kier alpha value is -2.61. The van der Waals surface area contributed by atoms with Crippen LogP contribution in [0.1, 0.15) is 29.2 Å². The number of pyridine rings is 1. The van der Waals surface area contributed by atoms with E-state index in [1.165, 1.54) is 12.3 Å². The van der Waals surface area contributed by atoms with Crippen molar-refractivity contribution >= 4 is 22.6 Å². The molecule has 0 bridgehead atoms. The molecular weight excluding hydrogens is 393 g/mol. The molecule has 2 fully saturated rings. The number of rotatable bonds is 3. The highest BCUT2D eigenvalue weighted by atomic mass is 19.1. The highest BCUT2D eigenvalue weighted by Gasteiger charge is 2.28. The van der Waals surface area contributed by atoms with Gasteiger partial charge in [-0.15, -0.1) is 0 Å². The predicted molar refractivity (Wildman–Crippen MR) is 107 cm³/mol. The molecule has 0 amide bonds. The van der Waals surface area contributed by atoms with Gasteiger partial charge >= 0.3 is 5.97 Å². The number of halogens is 1. The summed E-state index contributed by atoms with van der Waals surface area (Å²) in [5.74, 6) is -1.76. The van der Waals surface area contributed by atoms with E-state index in [2.05, 4.69) is 5.32 Å². The van der Waals surface area contributed by atoms with Crippen LogP contribution in [0.2, 0.25) is 0 Å². The second-order valence-corrected chi connectivity index (χ2v) is 6.37. The number of aromatic carboxylic acids is 1. The summed E-state index contributed by atoms with van der Waals surface area (Å²) in [5, 5.41) is 12.6. The summed E-state index contributed by atoms with van der Waals surface area (Å²) in [4.78, 5) is 25.7. The smallest absolute Gasteiger partial charge is 0.341 e. The molecule has 0 atom stereocenters. The first kappa shape index (κ1) is 28.6. The number of carboxylic acids is 1. The summed E-state index contributed by atoms with van der Waals surface area (Å²) in [5.41, 5.74) is 0.159. The molecule has 1 saturated heterocycles. The fourth-order valence-corrected chi connectivity index (χ4v) is 3.31. The van der Waals surface area contributed by atoms with Crippen molar-refractivity contribution in [2.24, 2.45) is 0 Å². The molecule has 166 valence electrons. The van der Waals surface area contributed by atoms with Gasteiger partial charge in [-0.1, -0.05) is 0 Å². The van der Waals surface area contributed by atoms with Gasteiger partial charge in [-0.25, -0.2) is 9.18 Å². The van der Waals surface area contributed by atoms with E-state index >= 15 is 0 Å². The number of hydrogen-bond donors (Lipinski definition) is 2. The fraction of sp³-hybridized carbons (Fsp3) is 0.412. The third-order valence-electron chi connectivity index (χ3n) is 4.73. The van der Waals surface area contributed by atoms with Crippen LogP contribution in [0.3, 0.4) is 0 Å². The second-order valence-electron chi connectivity index (χ2n) is 6.37. The van der Waals surface area contributed by atoms with Gasteiger partial charge in [0.2, 0.25) is 5.43 Å². The summed E-state index contributed by atoms with van der Waals surface area (Å²) < 4.78 is 16.4. The van der Waals surface area contributed by atoms with Crippen molar-refractivity contribution in [3.63, 3.8) is 0 Å². The van der Waals surface area contributed by atoms with Crippen LogP contribution in [0.15, 0.2) is 23.1 Å². The maximum absolute atomic E-state index is 14.6. The van der Waals surface area contributed by atoms with Gasteiger partial charge in [0.15, 0.2) is 0 Å². The van der Waals surface area contributed by atoms with Crippen molar-refractivity contribution in [2.45, 2.75) is 18.9 Å². The van der Waals surface area contributed by atoms with E-state index in [9.17, 15) is 19.1 Å². The third-order valence-corrected chi connectivity index (χ3v) is 4.73. The van der Waals surface area contributed by atoms with Crippen molar-refractivity contribution in [1.82, 2.24) is 9.88 Å². The molecule has 1 saturated carbocycles. The minimum absolute atomic E-state index is 0. The fourth-order valence-electron chi connectivity index (χ4n) is 3.31. The zero-order chi connectivity index (χ0) is 16.8. The standard InChI is InChI=1S/C17H18FN3O3.5H2O/c18-13-7-11-14(8-15(13)20-5-3-19-4-6-20)21(10-1-2-10)9-12(16(11)22)17(23)24;;;;;/h7-10,19H,1-6H2,(H,23,24);5*1H2. The number of benzene rings is 1. The number of anilines is 1. The molecule has 2 aromatic rings. The van der Waals surface area contributed by atoms with E-state index in [0.29, 0.717) is 24.3 Å². The number of carboxylic acid groups (broad SMARTS) is 1. The van der Waals surface area contributed by atoms with E-state index in [0.717, 1.165) is 25.9 Å². The maximum Gasteiger partial charge on any atom is 0.341 e.